The van der Waals surface area contributed by atoms with E-state index in [0.717, 1.165) is 5.92 Å². The predicted molar refractivity (Wildman–Crippen MR) is 41.6 cm³/mol. The van der Waals surface area contributed by atoms with E-state index in [0.29, 0.717) is 0 Å². The summed E-state index contributed by atoms with van der Waals surface area (Å²) < 4.78 is 0. The molecule has 0 aliphatic carbocycles. The van der Waals surface area contributed by atoms with Crippen molar-refractivity contribution in [3.05, 3.63) is 0 Å². The molecule has 0 aromatic rings. The molecule has 0 aromatic heterocycles. The summed E-state index contributed by atoms with van der Waals surface area (Å²) in [6.07, 6.45) is 6.46. The molecule has 0 fully saturated rings. The second-order valence-electron chi connectivity index (χ2n) is 2.49. The van der Waals surface area contributed by atoms with Crippen LogP contribution in [0, 0.1) is 17.9 Å². The highest BCUT2D eigenvalue weighted by molar-refractivity contribution is 6.45. The first-order valence-electron chi connectivity index (χ1n) is 3.21. The number of hydrogen-bond acceptors (Lipinski definition) is 0. The summed E-state index contributed by atoms with van der Waals surface area (Å²) in [5, 5.41) is 0. The topological polar surface area (TPSA) is 0 Å². The summed E-state index contributed by atoms with van der Waals surface area (Å²) in [6.45, 7) is 4.48. The molecule has 0 atom stereocenters. The van der Waals surface area contributed by atoms with E-state index in [1.54, 1.807) is 0 Å². The molecule has 0 nitrogen and oxygen atoms in total. The van der Waals surface area contributed by atoms with Gasteiger partial charge in [-0.15, -0.1) is 12.0 Å². The third-order valence-electron chi connectivity index (χ3n) is 1.10. The quantitative estimate of drug-likeness (QED) is 0.303. The highest BCUT2D eigenvalue weighted by atomic mass is 28.2. The number of rotatable bonds is 3. The minimum atomic E-state index is -0.0933. The molecular weight excluding hydrogens is 112 g/mol. The first-order valence-corrected chi connectivity index (χ1v) is 4.91. The zero-order valence-corrected chi connectivity index (χ0v) is 7.19. The van der Waals surface area contributed by atoms with Crippen molar-refractivity contribution in [1.82, 2.24) is 0 Å². The van der Waals surface area contributed by atoms with E-state index < -0.39 is 0 Å². The molecule has 0 unspecified atom stereocenters. The minimum Gasteiger partial charge on any atom is -0.143 e. The Hall–Kier alpha value is -0.223. The molecule has 8 heavy (non-hydrogen) atoms. The van der Waals surface area contributed by atoms with Gasteiger partial charge in [0.25, 0.3) is 0 Å². The van der Waals surface area contributed by atoms with Crippen LogP contribution in [0.4, 0.5) is 0 Å². The average Bonchev–Trinajstić information content (AvgIpc) is 1.66. The molecule has 0 N–H and O–H groups in total. The van der Waals surface area contributed by atoms with Crippen LogP contribution in [0.15, 0.2) is 0 Å². The van der Waals surface area contributed by atoms with Gasteiger partial charge in [0.2, 0.25) is 0 Å². The monoisotopic (exact) mass is 126 g/mol. The molecule has 0 saturated heterocycles. The number of terminal acetylenes is 1. The van der Waals surface area contributed by atoms with Gasteiger partial charge in [-0.05, 0) is 5.92 Å². The third-order valence-corrected chi connectivity index (χ3v) is 2.15. The van der Waals surface area contributed by atoms with Crippen molar-refractivity contribution < 1.29 is 0 Å². The molecule has 1 heteroatoms. The Morgan fingerprint density at radius 1 is 1.62 bits per heavy atom. The summed E-state index contributed by atoms with van der Waals surface area (Å²) in [4.78, 5) is 0. The van der Waals surface area contributed by atoms with Crippen molar-refractivity contribution in [2.24, 2.45) is 5.92 Å². The van der Waals surface area contributed by atoms with Gasteiger partial charge in [-0.3, -0.25) is 0 Å². The molecule has 0 aliphatic rings. The van der Waals surface area contributed by atoms with Crippen LogP contribution in [0.5, 0.6) is 0 Å². The molecular formula is C7H14Si. The normalized spacial score (nSPS) is 10.8. The van der Waals surface area contributed by atoms with E-state index in [-0.39, 0.29) is 9.52 Å². The van der Waals surface area contributed by atoms with Crippen LogP contribution in [0.1, 0.15) is 20.3 Å². The smallest absolute Gasteiger partial charge is 0.106 e. The summed E-state index contributed by atoms with van der Waals surface area (Å²) in [5.74, 6) is 0.843. The average molecular weight is 126 g/mol. The van der Waals surface area contributed by atoms with E-state index in [1.165, 1.54) is 12.5 Å². The molecule has 0 bridgehead atoms. The SMILES string of the molecule is C#C[SiH2]CCC(C)C. The van der Waals surface area contributed by atoms with Crippen molar-refractivity contribution >= 4 is 9.52 Å². The van der Waals surface area contributed by atoms with Gasteiger partial charge < -0.3 is 0 Å². The van der Waals surface area contributed by atoms with Crippen molar-refractivity contribution in [3.63, 3.8) is 0 Å². The molecule has 0 spiro atoms. The van der Waals surface area contributed by atoms with Gasteiger partial charge in [-0.2, -0.15) is 0 Å². The molecule has 0 saturated carbocycles. The summed E-state index contributed by atoms with van der Waals surface area (Å²) in [6, 6.07) is 1.33. The fourth-order valence-corrected chi connectivity index (χ4v) is 1.84. The fraction of sp³-hybridized carbons (Fsp3) is 0.714. The van der Waals surface area contributed by atoms with Gasteiger partial charge in [-0.25, -0.2) is 0 Å². The lowest BCUT2D eigenvalue weighted by atomic mass is 10.2. The third kappa shape index (κ3) is 5.78. The predicted octanol–water partition coefficient (Wildman–Crippen LogP) is 1.21. The van der Waals surface area contributed by atoms with E-state index in [9.17, 15) is 0 Å². The van der Waals surface area contributed by atoms with Gasteiger partial charge in [0, 0.05) is 0 Å². The summed E-state index contributed by atoms with van der Waals surface area (Å²) >= 11 is 0. The van der Waals surface area contributed by atoms with Crippen molar-refractivity contribution in [2.75, 3.05) is 0 Å². The number of hydrogen-bond donors (Lipinski definition) is 0. The van der Waals surface area contributed by atoms with Crippen molar-refractivity contribution in [2.45, 2.75) is 26.3 Å². The van der Waals surface area contributed by atoms with Gasteiger partial charge in [0.1, 0.15) is 9.52 Å². The van der Waals surface area contributed by atoms with Crippen LogP contribution in [-0.2, 0) is 0 Å². The Kier molecular flexibility index (Phi) is 4.79. The second kappa shape index (κ2) is 4.92. The standard InChI is InChI=1S/C7H14Si/c1-4-8-6-5-7(2)3/h1,7H,5-6,8H2,2-3H3. The molecule has 0 rings (SSSR count). The summed E-state index contributed by atoms with van der Waals surface area (Å²) in [7, 11) is -0.0933. The summed E-state index contributed by atoms with van der Waals surface area (Å²) in [5.41, 5.74) is 2.76. The first-order chi connectivity index (χ1) is 3.77. The fourth-order valence-electron chi connectivity index (χ4n) is 0.612. The lowest BCUT2D eigenvalue weighted by Gasteiger charge is -1.98. The van der Waals surface area contributed by atoms with Gasteiger partial charge >= 0.3 is 0 Å². The van der Waals surface area contributed by atoms with Crippen LogP contribution in [-0.4, -0.2) is 9.52 Å². The maximum atomic E-state index is 5.13. The molecule has 0 aliphatic heterocycles. The van der Waals surface area contributed by atoms with Crippen LogP contribution >= 0.6 is 0 Å². The maximum absolute atomic E-state index is 5.13. The lowest BCUT2D eigenvalue weighted by Crippen LogP contribution is -1.90. The highest BCUT2D eigenvalue weighted by Gasteiger charge is 1.90. The highest BCUT2D eigenvalue weighted by Crippen LogP contribution is 2.01. The molecule has 0 amide bonds. The lowest BCUT2D eigenvalue weighted by molar-refractivity contribution is 0.625. The molecule has 0 heterocycles. The Balaban J connectivity index is 2.85. The van der Waals surface area contributed by atoms with Crippen LogP contribution in [0.2, 0.25) is 6.04 Å². The Labute approximate surface area is 54.5 Å². The first kappa shape index (κ1) is 7.78. The van der Waals surface area contributed by atoms with Crippen molar-refractivity contribution in [1.29, 1.82) is 0 Å². The zero-order valence-electron chi connectivity index (χ0n) is 5.78. The van der Waals surface area contributed by atoms with Crippen LogP contribution in [0.25, 0.3) is 0 Å². The van der Waals surface area contributed by atoms with Crippen molar-refractivity contribution in [3.8, 4) is 12.0 Å². The van der Waals surface area contributed by atoms with Gasteiger partial charge in [0.05, 0.1) is 0 Å². The van der Waals surface area contributed by atoms with E-state index in [1.807, 2.05) is 0 Å². The van der Waals surface area contributed by atoms with Gasteiger partial charge in [0.15, 0.2) is 0 Å². The van der Waals surface area contributed by atoms with Gasteiger partial charge in [-0.1, -0.05) is 26.3 Å². The molecule has 0 radical (unpaired) electrons. The van der Waals surface area contributed by atoms with E-state index in [2.05, 4.69) is 19.4 Å². The van der Waals surface area contributed by atoms with Crippen LogP contribution in [0.3, 0.4) is 0 Å². The maximum Gasteiger partial charge on any atom is 0.106 e. The zero-order chi connectivity index (χ0) is 6.41. The minimum absolute atomic E-state index is 0.0933. The molecule has 46 valence electrons. The van der Waals surface area contributed by atoms with Crippen LogP contribution < -0.4 is 0 Å². The Morgan fingerprint density at radius 2 is 2.25 bits per heavy atom. The Morgan fingerprint density at radius 3 is 2.62 bits per heavy atom. The van der Waals surface area contributed by atoms with E-state index in [4.69, 9.17) is 6.42 Å². The second-order valence-corrected chi connectivity index (χ2v) is 4.11. The largest absolute Gasteiger partial charge is 0.143 e. The van der Waals surface area contributed by atoms with E-state index >= 15 is 0 Å². The Bertz CT molecular complexity index is 78.9. The molecule has 0 aromatic carbocycles.